The second kappa shape index (κ2) is 5.39. The third-order valence-corrected chi connectivity index (χ3v) is 3.44. The number of nitrogens with zero attached hydrogens (tertiary/aromatic N) is 2. The van der Waals surface area contributed by atoms with E-state index in [1.807, 2.05) is 19.2 Å². The molecule has 3 nitrogen and oxygen atoms in total. The molecule has 0 radical (unpaired) electrons. The Balaban J connectivity index is 2.30. The highest BCUT2D eigenvalue weighted by Crippen LogP contribution is 2.29. The lowest BCUT2D eigenvalue weighted by Crippen LogP contribution is -2.37. The van der Waals surface area contributed by atoms with Gasteiger partial charge in [-0.1, -0.05) is 11.6 Å². The van der Waals surface area contributed by atoms with Crippen LogP contribution >= 0.6 is 11.6 Å². The zero-order chi connectivity index (χ0) is 12.3. The zero-order valence-corrected chi connectivity index (χ0v) is 10.7. The van der Waals surface area contributed by atoms with Crippen molar-refractivity contribution in [1.82, 2.24) is 5.32 Å². The molecule has 1 saturated heterocycles. The summed E-state index contributed by atoms with van der Waals surface area (Å²) in [5.41, 5.74) is 1.68. The normalized spacial score (nSPS) is 19.4. The van der Waals surface area contributed by atoms with Crippen molar-refractivity contribution in [3.05, 3.63) is 28.8 Å². The van der Waals surface area contributed by atoms with Gasteiger partial charge in [0.1, 0.15) is 6.07 Å². The van der Waals surface area contributed by atoms with E-state index in [1.165, 1.54) is 12.8 Å². The average molecular weight is 250 g/mol. The van der Waals surface area contributed by atoms with Crippen LogP contribution in [0, 0.1) is 11.3 Å². The van der Waals surface area contributed by atoms with E-state index in [2.05, 4.69) is 16.3 Å². The monoisotopic (exact) mass is 249 g/mol. The molecule has 1 aliphatic heterocycles. The minimum absolute atomic E-state index is 0.480. The highest BCUT2D eigenvalue weighted by Gasteiger charge is 2.25. The Morgan fingerprint density at radius 2 is 2.41 bits per heavy atom. The molecule has 1 atom stereocenters. The first-order valence-electron chi connectivity index (χ1n) is 5.87. The van der Waals surface area contributed by atoms with Gasteiger partial charge in [0.15, 0.2) is 0 Å². The van der Waals surface area contributed by atoms with Crippen LogP contribution < -0.4 is 10.2 Å². The van der Waals surface area contributed by atoms with Gasteiger partial charge in [0.2, 0.25) is 0 Å². The fourth-order valence-corrected chi connectivity index (χ4v) is 2.62. The molecule has 1 aliphatic rings. The summed E-state index contributed by atoms with van der Waals surface area (Å²) >= 11 is 5.92. The molecular formula is C13H16ClN3. The summed E-state index contributed by atoms with van der Waals surface area (Å²) in [6.07, 6.45) is 2.36. The van der Waals surface area contributed by atoms with E-state index >= 15 is 0 Å². The number of rotatable bonds is 3. The fraction of sp³-hybridized carbons (Fsp3) is 0.462. The SMILES string of the molecule is CNCC1CCCN1c1ccc(Cl)cc1C#N. The Labute approximate surface area is 107 Å². The second-order valence-electron chi connectivity index (χ2n) is 4.32. The number of halogens is 1. The van der Waals surface area contributed by atoms with Crippen LogP contribution in [0.15, 0.2) is 18.2 Å². The highest BCUT2D eigenvalue weighted by molar-refractivity contribution is 6.30. The maximum absolute atomic E-state index is 9.17. The van der Waals surface area contributed by atoms with Gasteiger partial charge < -0.3 is 10.2 Å². The van der Waals surface area contributed by atoms with Crippen molar-refractivity contribution in [2.45, 2.75) is 18.9 Å². The lowest BCUT2D eigenvalue weighted by molar-refractivity contribution is 0.615. The van der Waals surface area contributed by atoms with E-state index in [4.69, 9.17) is 16.9 Å². The Hall–Kier alpha value is -1.24. The highest BCUT2D eigenvalue weighted by atomic mass is 35.5. The van der Waals surface area contributed by atoms with Crippen molar-refractivity contribution in [3.8, 4) is 6.07 Å². The minimum atomic E-state index is 0.480. The smallest absolute Gasteiger partial charge is 0.101 e. The van der Waals surface area contributed by atoms with Gasteiger partial charge in [-0.3, -0.25) is 0 Å². The summed E-state index contributed by atoms with van der Waals surface area (Å²) in [4.78, 5) is 2.31. The Bertz CT molecular complexity index is 439. The van der Waals surface area contributed by atoms with E-state index in [1.54, 1.807) is 6.07 Å². The van der Waals surface area contributed by atoms with Gasteiger partial charge in [0.05, 0.1) is 11.3 Å². The largest absolute Gasteiger partial charge is 0.366 e. The molecule has 0 aliphatic carbocycles. The van der Waals surface area contributed by atoms with Gasteiger partial charge in [-0.05, 0) is 38.1 Å². The maximum Gasteiger partial charge on any atom is 0.101 e. The molecule has 4 heteroatoms. The number of anilines is 1. The fourth-order valence-electron chi connectivity index (χ4n) is 2.45. The van der Waals surface area contributed by atoms with Crippen LogP contribution in [0.4, 0.5) is 5.69 Å². The molecule has 0 amide bonds. The van der Waals surface area contributed by atoms with Gasteiger partial charge in [-0.25, -0.2) is 0 Å². The minimum Gasteiger partial charge on any atom is -0.366 e. The summed E-state index contributed by atoms with van der Waals surface area (Å²) in [5.74, 6) is 0. The lowest BCUT2D eigenvalue weighted by Gasteiger charge is -2.27. The number of nitriles is 1. The molecule has 0 aromatic heterocycles. The summed E-state index contributed by atoms with van der Waals surface area (Å²) in [6, 6.07) is 8.26. The van der Waals surface area contributed by atoms with Gasteiger partial charge in [-0.2, -0.15) is 5.26 Å². The van der Waals surface area contributed by atoms with E-state index < -0.39 is 0 Å². The lowest BCUT2D eigenvalue weighted by atomic mass is 10.1. The molecule has 17 heavy (non-hydrogen) atoms. The molecule has 1 aromatic rings. The van der Waals surface area contributed by atoms with E-state index in [0.29, 0.717) is 16.6 Å². The first-order chi connectivity index (χ1) is 8.26. The van der Waals surface area contributed by atoms with Crippen molar-refractivity contribution >= 4 is 17.3 Å². The molecule has 1 fully saturated rings. The number of benzene rings is 1. The topological polar surface area (TPSA) is 39.1 Å². The quantitative estimate of drug-likeness (QED) is 0.894. The third-order valence-electron chi connectivity index (χ3n) is 3.21. The van der Waals surface area contributed by atoms with Crippen LogP contribution in [0.3, 0.4) is 0 Å². The van der Waals surface area contributed by atoms with Crippen LogP contribution in [-0.2, 0) is 0 Å². The van der Waals surface area contributed by atoms with Gasteiger partial charge in [0.25, 0.3) is 0 Å². The van der Waals surface area contributed by atoms with Crippen LogP contribution in [0.5, 0.6) is 0 Å². The molecule has 1 aromatic carbocycles. The zero-order valence-electron chi connectivity index (χ0n) is 9.91. The van der Waals surface area contributed by atoms with Crippen LogP contribution in [0.1, 0.15) is 18.4 Å². The number of hydrogen-bond donors (Lipinski definition) is 1. The standard InChI is InChI=1S/C13H16ClN3/c1-16-9-12-3-2-6-17(12)13-5-4-11(14)7-10(13)8-15/h4-5,7,12,16H,2-3,6,9H2,1H3. The van der Waals surface area contributed by atoms with Gasteiger partial charge in [0, 0.05) is 24.2 Å². The molecular weight excluding hydrogens is 234 g/mol. The predicted molar refractivity (Wildman–Crippen MR) is 70.5 cm³/mol. The molecule has 2 rings (SSSR count). The Morgan fingerprint density at radius 3 is 3.12 bits per heavy atom. The molecule has 1 heterocycles. The average Bonchev–Trinajstić information content (AvgIpc) is 2.77. The third kappa shape index (κ3) is 2.54. The maximum atomic E-state index is 9.17. The Morgan fingerprint density at radius 1 is 1.59 bits per heavy atom. The van der Waals surface area contributed by atoms with Crippen molar-refractivity contribution in [2.24, 2.45) is 0 Å². The van der Waals surface area contributed by atoms with E-state index in [9.17, 15) is 0 Å². The van der Waals surface area contributed by atoms with Crippen LogP contribution in [0.25, 0.3) is 0 Å². The molecule has 1 N–H and O–H groups in total. The molecule has 1 unspecified atom stereocenters. The number of nitrogens with one attached hydrogen (secondary N) is 1. The first-order valence-corrected chi connectivity index (χ1v) is 6.25. The van der Waals surface area contributed by atoms with Crippen LogP contribution in [-0.4, -0.2) is 26.2 Å². The van der Waals surface area contributed by atoms with Crippen molar-refractivity contribution in [1.29, 1.82) is 5.26 Å². The van der Waals surface area contributed by atoms with Crippen LogP contribution in [0.2, 0.25) is 5.02 Å². The Kier molecular flexibility index (Phi) is 3.88. The first kappa shape index (κ1) is 12.2. The number of likely N-dealkylation sites (N-methyl/N-ethyl adjacent to an activating group) is 1. The van der Waals surface area contributed by atoms with Gasteiger partial charge in [-0.15, -0.1) is 0 Å². The van der Waals surface area contributed by atoms with E-state index in [-0.39, 0.29) is 0 Å². The molecule has 0 bridgehead atoms. The summed E-state index contributed by atoms with van der Waals surface area (Å²) in [7, 11) is 1.96. The molecule has 0 saturated carbocycles. The predicted octanol–water partition coefficient (Wildman–Crippen LogP) is 2.40. The second-order valence-corrected chi connectivity index (χ2v) is 4.76. The molecule has 0 spiro atoms. The van der Waals surface area contributed by atoms with E-state index in [0.717, 1.165) is 18.8 Å². The van der Waals surface area contributed by atoms with Crippen molar-refractivity contribution in [2.75, 3.05) is 25.0 Å². The summed E-state index contributed by atoms with van der Waals surface area (Å²) in [6.45, 7) is 1.97. The van der Waals surface area contributed by atoms with Crippen molar-refractivity contribution in [3.63, 3.8) is 0 Å². The summed E-state index contributed by atoms with van der Waals surface area (Å²) in [5, 5.41) is 13.0. The van der Waals surface area contributed by atoms with Crippen molar-refractivity contribution < 1.29 is 0 Å². The molecule has 90 valence electrons. The van der Waals surface area contributed by atoms with Gasteiger partial charge >= 0.3 is 0 Å². The number of hydrogen-bond acceptors (Lipinski definition) is 3. The summed E-state index contributed by atoms with van der Waals surface area (Å²) < 4.78 is 0.